The highest BCUT2D eigenvalue weighted by Gasteiger charge is 2.56. The van der Waals surface area contributed by atoms with E-state index in [1.165, 1.54) is 25.7 Å². The lowest BCUT2D eigenvalue weighted by Gasteiger charge is -2.37. The molecule has 3 heterocycles. The standard InChI is InChI=1S/C24H33N3O3/c28-23(20-11-6-14-30-20)26-22(19-10-3-4-12-25-19)16-7-5-13-27(15-16)24(29)21-17-8-1-2-9-18(17)21/h3-4,10,12,16-18,20-22H,1-2,5-9,11,13-15H2,(H,26,28)/t16-,17+,18+,20+,22-/m1/s1. The molecule has 5 atom stereocenters. The number of nitrogens with zero attached hydrogens (tertiary/aromatic N) is 2. The molecule has 2 saturated carbocycles. The number of fused-ring (bicyclic) bond motifs is 1. The molecule has 1 aromatic heterocycles. The van der Waals surface area contributed by atoms with Crippen LogP contribution in [0.15, 0.2) is 24.4 Å². The number of hydrogen-bond donors (Lipinski definition) is 1. The smallest absolute Gasteiger partial charge is 0.249 e. The van der Waals surface area contributed by atoms with Gasteiger partial charge in [0.25, 0.3) is 0 Å². The van der Waals surface area contributed by atoms with Gasteiger partial charge in [0.15, 0.2) is 0 Å². The van der Waals surface area contributed by atoms with Crippen molar-refractivity contribution in [1.29, 1.82) is 0 Å². The van der Waals surface area contributed by atoms with E-state index < -0.39 is 0 Å². The first-order valence-electron chi connectivity index (χ1n) is 11.8. The summed E-state index contributed by atoms with van der Waals surface area (Å²) in [4.78, 5) is 32.7. The van der Waals surface area contributed by atoms with Crippen molar-refractivity contribution in [2.45, 2.75) is 63.5 Å². The molecule has 0 bridgehead atoms. The number of pyridine rings is 1. The van der Waals surface area contributed by atoms with Gasteiger partial charge >= 0.3 is 0 Å². The molecule has 6 nitrogen and oxygen atoms in total. The number of piperidine rings is 1. The molecule has 1 aromatic rings. The maximum Gasteiger partial charge on any atom is 0.249 e. The van der Waals surface area contributed by atoms with Gasteiger partial charge in [0.1, 0.15) is 6.10 Å². The number of aromatic nitrogens is 1. The van der Waals surface area contributed by atoms with E-state index in [0.717, 1.165) is 37.9 Å². The minimum atomic E-state index is -0.355. The lowest BCUT2D eigenvalue weighted by atomic mass is 9.88. The Hall–Kier alpha value is -1.95. The number of hydrogen-bond acceptors (Lipinski definition) is 4. The van der Waals surface area contributed by atoms with Crippen molar-refractivity contribution >= 4 is 11.8 Å². The molecule has 0 radical (unpaired) electrons. The number of ether oxygens (including phenoxy) is 1. The fraction of sp³-hybridized carbons (Fsp3) is 0.708. The molecular weight excluding hydrogens is 378 g/mol. The molecule has 4 fully saturated rings. The summed E-state index contributed by atoms with van der Waals surface area (Å²) < 4.78 is 5.60. The Labute approximate surface area is 178 Å². The highest BCUT2D eigenvalue weighted by Crippen LogP contribution is 2.56. The predicted octanol–water partition coefficient (Wildman–Crippen LogP) is 3.09. The van der Waals surface area contributed by atoms with Crippen LogP contribution in [0.1, 0.15) is 63.1 Å². The van der Waals surface area contributed by atoms with E-state index in [-0.39, 0.29) is 29.9 Å². The van der Waals surface area contributed by atoms with Crippen LogP contribution in [0.5, 0.6) is 0 Å². The fourth-order valence-electron chi connectivity index (χ4n) is 6.08. The molecule has 162 valence electrons. The molecule has 2 saturated heterocycles. The number of carbonyl (C=O) groups is 2. The van der Waals surface area contributed by atoms with E-state index in [4.69, 9.17) is 4.74 Å². The summed E-state index contributed by atoms with van der Waals surface area (Å²) in [6.07, 6.45) is 10.1. The summed E-state index contributed by atoms with van der Waals surface area (Å²) in [5.41, 5.74) is 0.878. The monoisotopic (exact) mass is 411 g/mol. The van der Waals surface area contributed by atoms with Gasteiger partial charge in [-0.15, -0.1) is 0 Å². The van der Waals surface area contributed by atoms with Crippen LogP contribution in [0.3, 0.4) is 0 Å². The summed E-state index contributed by atoms with van der Waals surface area (Å²) in [5.74, 6) is 2.04. The predicted molar refractivity (Wildman–Crippen MR) is 112 cm³/mol. The van der Waals surface area contributed by atoms with E-state index in [1.807, 2.05) is 18.2 Å². The van der Waals surface area contributed by atoms with Crippen LogP contribution < -0.4 is 5.32 Å². The molecule has 2 amide bonds. The first-order chi connectivity index (χ1) is 14.7. The molecule has 1 N–H and O–H groups in total. The van der Waals surface area contributed by atoms with Crippen molar-refractivity contribution in [3.63, 3.8) is 0 Å². The number of likely N-dealkylation sites (tertiary alicyclic amines) is 1. The molecule has 2 aliphatic heterocycles. The number of carbonyl (C=O) groups excluding carboxylic acids is 2. The van der Waals surface area contributed by atoms with Crippen LogP contribution >= 0.6 is 0 Å². The van der Waals surface area contributed by atoms with Crippen molar-refractivity contribution in [1.82, 2.24) is 15.2 Å². The van der Waals surface area contributed by atoms with Crippen molar-refractivity contribution in [2.24, 2.45) is 23.7 Å². The summed E-state index contributed by atoms with van der Waals surface area (Å²) >= 11 is 0. The highest BCUT2D eigenvalue weighted by atomic mass is 16.5. The zero-order valence-corrected chi connectivity index (χ0v) is 17.7. The maximum absolute atomic E-state index is 13.3. The Bertz CT molecular complexity index is 752. The van der Waals surface area contributed by atoms with Gasteiger partial charge < -0.3 is 15.0 Å². The average Bonchev–Trinajstić information content (AvgIpc) is 3.25. The van der Waals surface area contributed by atoms with Gasteiger partial charge in [0.05, 0.1) is 11.7 Å². The summed E-state index contributed by atoms with van der Waals surface area (Å²) in [6.45, 7) is 2.21. The van der Waals surface area contributed by atoms with Crippen LogP contribution in [0, 0.1) is 23.7 Å². The SMILES string of the molecule is O=C(N[C@@H](c1ccccn1)[C@@H]1CCCN(C(=O)C2[C@H]3CCCC[C@H]23)C1)[C@@H]1CCCO1. The Balaban J connectivity index is 1.29. The average molecular weight is 412 g/mol. The third-order valence-corrected chi connectivity index (χ3v) is 7.71. The van der Waals surface area contributed by atoms with E-state index >= 15 is 0 Å². The molecular formula is C24H33N3O3. The van der Waals surface area contributed by atoms with Crippen LogP contribution in [0.25, 0.3) is 0 Å². The first kappa shape index (κ1) is 20.0. The topological polar surface area (TPSA) is 71.5 Å². The fourth-order valence-corrected chi connectivity index (χ4v) is 6.08. The Kier molecular flexibility index (Phi) is 5.77. The molecule has 0 unspecified atom stereocenters. The second-order valence-corrected chi connectivity index (χ2v) is 9.57. The summed E-state index contributed by atoms with van der Waals surface area (Å²) in [5, 5.41) is 3.23. The quantitative estimate of drug-likeness (QED) is 0.808. The van der Waals surface area contributed by atoms with E-state index in [2.05, 4.69) is 15.2 Å². The molecule has 4 aliphatic rings. The zero-order chi connectivity index (χ0) is 20.5. The minimum absolute atomic E-state index is 0.0418. The maximum atomic E-state index is 13.3. The number of rotatable bonds is 5. The first-order valence-corrected chi connectivity index (χ1v) is 11.8. The molecule has 5 rings (SSSR count). The molecule has 6 heteroatoms. The lowest BCUT2D eigenvalue weighted by Crippen LogP contribution is -2.47. The molecule has 0 spiro atoms. The van der Waals surface area contributed by atoms with Gasteiger partial charge in [-0.05, 0) is 62.5 Å². The molecule has 2 aliphatic carbocycles. The van der Waals surface area contributed by atoms with Crippen molar-refractivity contribution in [3.05, 3.63) is 30.1 Å². The van der Waals surface area contributed by atoms with Crippen LogP contribution in [0.4, 0.5) is 0 Å². The molecule has 0 aromatic carbocycles. The van der Waals surface area contributed by atoms with Crippen molar-refractivity contribution in [2.75, 3.05) is 19.7 Å². The van der Waals surface area contributed by atoms with Gasteiger partial charge in [-0.25, -0.2) is 0 Å². The second kappa shape index (κ2) is 8.66. The van der Waals surface area contributed by atoms with Crippen LogP contribution in [-0.2, 0) is 14.3 Å². The van der Waals surface area contributed by atoms with Gasteiger partial charge in [-0.1, -0.05) is 18.9 Å². The van der Waals surface area contributed by atoms with Crippen molar-refractivity contribution < 1.29 is 14.3 Å². The van der Waals surface area contributed by atoms with Gasteiger partial charge in [-0.2, -0.15) is 0 Å². The normalized spacial score (nSPS) is 34.1. The largest absolute Gasteiger partial charge is 0.368 e. The van der Waals surface area contributed by atoms with Gasteiger partial charge in [0, 0.05) is 37.7 Å². The highest BCUT2D eigenvalue weighted by molar-refractivity contribution is 5.83. The van der Waals surface area contributed by atoms with Crippen molar-refractivity contribution in [3.8, 4) is 0 Å². The van der Waals surface area contributed by atoms with E-state index in [1.54, 1.807) is 6.20 Å². The Morgan fingerprint density at radius 3 is 2.60 bits per heavy atom. The number of nitrogens with one attached hydrogen (secondary N) is 1. The van der Waals surface area contributed by atoms with Gasteiger partial charge in [0.2, 0.25) is 11.8 Å². The number of amides is 2. The zero-order valence-electron chi connectivity index (χ0n) is 17.7. The third-order valence-electron chi connectivity index (χ3n) is 7.71. The Morgan fingerprint density at radius 1 is 1.07 bits per heavy atom. The van der Waals surface area contributed by atoms with Gasteiger partial charge in [-0.3, -0.25) is 14.6 Å². The van der Waals surface area contributed by atoms with Crippen LogP contribution in [-0.4, -0.2) is 47.5 Å². The van der Waals surface area contributed by atoms with E-state index in [9.17, 15) is 9.59 Å². The lowest BCUT2D eigenvalue weighted by molar-refractivity contribution is -0.135. The minimum Gasteiger partial charge on any atom is -0.368 e. The Morgan fingerprint density at radius 2 is 1.90 bits per heavy atom. The summed E-state index contributed by atoms with van der Waals surface area (Å²) in [7, 11) is 0. The molecule has 30 heavy (non-hydrogen) atoms. The summed E-state index contributed by atoms with van der Waals surface area (Å²) in [6, 6.07) is 5.67. The second-order valence-electron chi connectivity index (χ2n) is 9.57. The van der Waals surface area contributed by atoms with E-state index in [0.29, 0.717) is 30.9 Å². The van der Waals surface area contributed by atoms with Crippen LogP contribution in [0.2, 0.25) is 0 Å². The third kappa shape index (κ3) is 3.98.